The van der Waals surface area contributed by atoms with Crippen LogP contribution in [0.5, 0.6) is 0 Å². The van der Waals surface area contributed by atoms with E-state index in [2.05, 4.69) is 33.5 Å². The number of carbonyl (C=O) groups excluding carboxylic acids is 1. The van der Waals surface area contributed by atoms with Crippen LogP contribution in [0.2, 0.25) is 0 Å². The minimum Gasteiger partial charge on any atom is -0.354 e. The van der Waals surface area contributed by atoms with Gasteiger partial charge in [0.15, 0.2) is 0 Å². The van der Waals surface area contributed by atoms with Crippen LogP contribution in [0.25, 0.3) is 0 Å². The predicted octanol–water partition coefficient (Wildman–Crippen LogP) is 3.47. The zero-order chi connectivity index (χ0) is 14.3. The molecule has 0 atom stereocenters. The number of hydrogen-bond donors (Lipinski definition) is 2. The number of rotatable bonds is 7. The summed E-state index contributed by atoms with van der Waals surface area (Å²) in [6.07, 6.45) is 0. The predicted molar refractivity (Wildman–Crippen MR) is 92.9 cm³/mol. The van der Waals surface area contributed by atoms with Gasteiger partial charge in [0.1, 0.15) is 0 Å². The normalized spacial score (nSPS) is 10.8. The Morgan fingerprint density at radius 2 is 1.85 bits per heavy atom. The molecule has 0 saturated carbocycles. The summed E-state index contributed by atoms with van der Waals surface area (Å²) < 4.78 is 0.574. The highest BCUT2D eigenvalue weighted by Crippen LogP contribution is 2.33. The molecule has 0 heterocycles. The van der Waals surface area contributed by atoms with E-state index in [4.69, 9.17) is 0 Å². The fraction of sp³-hybridized carbons (Fsp3) is 0.500. The van der Waals surface area contributed by atoms with Crippen molar-refractivity contribution in [2.45, 2.75) is 30.4 Å². The average molecular weight is 382 g/mol. The molecule has 1 aromatic carbocycles. The zero-order valence-electron chi connectivity index (χ0n) is 12.0. The molecular weight excluding hydrogens is 360 g/mol. The minimum atomic E-state index is -0.472. The van der Waals surface area contributed by atoms with E-state index >= 15 is 0 Å². The van der Waals surface area contributed by atoms with Crippen LogP contribution in [0.4, 0.5) is 0 Å². The smallest absolute Gasteiger partial charge is 0.236 e. The summed E-state index contributed by atoms with van der Waals surface area (Å²) in [7, 11) is 0. The van der Waals surface area contributed by atoms with E-state index < -0.39 is 4.75 Å². The maximum Gasteiger partial charge on any atom is 0.236 e. The molecular formula is C14H22BrClN2OS. The Morgan fingerprint density at radius 1 is 1.25 bits per heavy atom. The fourth-order valence-corrected chi connectivity index (χ4v) is 2.79. The first-order valence-electron chi connectivity index (χ1n) is 6.39. The van der Waals surface area contributed by atoms with Crippen molar-refractivity contribution >= 4 is 46.0 Å². The molecule has 0 fully saturated rings. The topological polar surface area (TPSA) is 41.1 Å². The Morgan fingerprint density at radius 3 is 2.40 bits per heavy atom. The number of halogens is 2. The highest BCUT2D eigenvalue weighted by atomic mass is 79.9. The SMILES string of the molecule is CCNCCNC(=O)C(C)(C)Sc1ccc(Br)cc1.Cl. The molecule has 1 rings (SSSR count). The highest BCUT2D eigenvalue weighted by Gasteiger charge is 2.28. The first-order valence-corrected chi connectivity index (χ1v) is 8.00. The second kappa shape index (κ2) is 9.66. The van der Waals surface area contributed by atoms with Crippen molar-refractivity contribution in [3.63, 3.8) is 0 Å². The quantitative estimate of drug-likeness (QED) is 0.561. The molecule has 0 bridgehead atoms. The molecule has 114 valence electrons. The lowest BCUT2D eigenvalue weighted by Gasteiger charge is -2.23. The van der Waals surface area contributed by atoms with Crippen molar-refractivity contribution in [3.8, 4) is 0 Å². The Kier molecular flexibility index (Phi) is 9.55. The van der Waals surface area contributed by atoms with E-state index in [0.29, 0.717) is 6.54 Å². The van der Waals surface area contributed by atoms with E-state index in [-0.39, 0.29) is 18.3 Å². The van der Waals surface area contributed by atoms with Gasteiger partial charge < -0.3 is 10.6 Å². The number of benzene rings is 1. The van der Waals surface area contributed by atoms with Gasteiger partial charge in [-0.15, -0.1) is 24.2 Å². The largest absolute Gasteiger partial charge is 0.354 e. The third kappa shape index (κ3) is 6.97. The number of likely N-dealkylation sites (N-methyl/N-ethyl adjacent to an activating group) is 1. The summed E-state index contributed by atoms with van der Waals surface area (Å²) >= 11 is 4.98. The van der Waals surface area contributed by atoms with Crippen molar-refractivity contribution in [2.75, 3.05) is 19.6 Å². The summed E-state index contributed by atoms with van der Waals surface area (Å²) in [5.74, 6) is 0.0679. The number of amides is 1. The van der Waals surface area contributed by atoms with Crippen LogP contribution in [0.1, 0.15) is 20.8 Å². The van der Waals surface area contributed by atoms with Crippen LogP contribution in [-0.4, -0.2) is 30.3 Å². The first-order chi connectivity index (χ1) is 8.95. The van der Waals surface area contributed by atoms with Gasteiger partial charge in [0.2, 0.25) is 5.91 Å². The lowest BCUT2D eigenvalue weighted by molar-refractivity contribution is -0.122. The molecule has 1 amide bonds. The van der Waals surface area contributed by atoms with Crippen LogP contribution < -0.4 is 10.6 Å². The van der Waals surface area contributed by atoms with Gasteiger partial charge in [-0.2, -0.15) is 0 Å². The molecule has 0 spiro atoms. The number of hydrogen-bond acceptors (Lipinski definition) is 3. The third-order valence-corrected chi connectivity index (χ3v) is 4.30. The second-order valence-electron chi connectivity index (χ2n) is 4.68. The van der Waals surface area contributed by atoms with Gasteiger partial charge in [-0.25, -0.2) is 0 Å². The van der Waals surface area contributed by atoms with E-state index in [1.54, 1.807) is 11.8 Å². The van der Waals surface area contributed by atoms with E-state index in [0.717, 1.165) is 22.5 Å². The molecule has 0 aliphatic carbocycles. The summed E-state index contributed by atoms with van der Waals surface area (Å²) in [6, 6.07) is 8.01. The van der Waals surface area contributed by atoms with Crippen LogP contribution in [0.15, 0.2) is 33.6 Å². The van der Waals surface area contributed by atoms with E-state index in [1.807, 2.05) is 38.1 Å². The van der Waals surface area contributed by atoms with Crippen molar-refractivity contribution in [1.29, 1.82) is 0 Å². The molecule has 2 N–H and O–H groups in total. The van der Waals surface area contributed by atoms with E-state index in [9.17, 15) is 4.79 Å². The summed E-state index contributed by atoms with van der Waals surface area (Å²) in [4.78, 5) is 13.2. The van der Waals surface area contributed by atoms with Gasteiger partial charge in [0.25, 0.3) is 0 Å². The lowest BCUT2D eigenvalue weighted by atomic mass is 10.2. The molecule has 0 unspecified atom stereocenters. The lowest BCUT2D eigenvalue weighted by Crippen LogP contribution is -2.42. The number of carbonyl (C=O) groups is 1. The molecule has 0 radical (unpaired) electrons. The number of thioether (sulfide) groups is 1. The van der Waals surface area contributed by atoms with Gasteiger partial charge >= 0.3 is 0 Å². The molecule has 20 heavy (non-hydrogen) atoms. The van der Waals surface area contributed by atoms with Crippen molar-refractivity contribution < 1.29 is 4.79 Å². The Labute approximate surface area is 140 Å². The monoisotopic (exact) mass is 380 g/mol. The van der Waals surface area contributed by atoms with Crippen LogP contribution in [0.3, 0.4) is 0 Å². The van der Waals surface area contributed by atoms with Gasteiger partial charge in [-0.1, -0.05) is 22.9 Å². The zero-order valence-corrected chi connectivity index (χ0v) is 15.3. The van der Waals surface area contributed by atoms with Crippen LogP contribution in [0, 0.1) is 0 Å². The molecule has 6 heteroatoms. The van der Waals surface area contributed by atoms with Crippen molar-refractivity contribution in [2.24, 2.45) is 0 Å². The Hall–Kier alpha value is -0.230. The van der Waals surface area contributed by atoms with Gasteiger partial charge in [0.05, 0.1) is 4.75 Å². The molecule has 0 aliphatic heterocycles. The fourth-order valence-electron chi connectivity index (χ4n) is 1.50. The average Bonchev–Trinajstić information content (AvgIpc) is 2.37. The standard InChI is InChI=1S/C14H21BrN2OS.ClH/c1-4-16-9-10-17-13(18)14(2,3)19-12-7-5-11(15)6-8-12;/h5-8,16H,4,9-10H2,1-3H3,(H,17,18);1H. The second-order valence-corrected chi connectivity index (χ2v) is 7.29. The molecule has 1 aromatic rings. The van der Waals surface area contributed by atoms with Crippen LogP contribution in [-0.2, 0) is 4.79 Å². The van der Waals surface area contributed by atoms with Crippen molar-refractivity contribution in [3.05, 3.63) is 28.7 Å². The summed E-state index contributed by atoms with van der Waals surface area (Å²) in [6.45, 7) is 8.34. The number of nitrogens with one attached hydrogen (secondary N) is 2. The maximum absolute atomic E-state index is 12.1. The maximum atomic E-state index is 12.1. The highest BCUT2D eigenvalue weighted by molar-refractivity contribution is 9.10. The van der Waals surface area contributed by atoms with Gasteiger partial charge in [-0.3, -0.25) is 4.79 Å². The molecule has 0 aliphatic rings. The summed E-state index contributed by atoms with van der Waals surface area (Å²) in [5, 5.41) is 6.14. The van der Waals surface area contributed by atoms with Gasteiger partial charge in [-0.05, 0) is 44.7 Å². The first kappa shape index (κ1) is 19.8. The molecule has 0 saturated heterocycles. The Balaban J connectivity index is 0.00000361. The Bertz CT molecular complexity index is 412. The molecule has 0 aromatic heterocycles. The van der Waals surface area contributed by atoms with Gasteiger partial charge in [0, 0.05) is 22.5 Å². The minimum absolute atomic E-state index is 0. The van der Waals surface area contributed by atoms with E-state index in [1.165, 1.54) is 0 Å². The summed E-state index contributed by atoms with van der Waals surface area (Å²) in [5.41, 5.74) is 0. The molecule has 3 nitrogen and oxygen atoms in total. The third-order valence-electron chi connectivity index (χ3n) is 2.57. The van der Waals surface area contributed by atoms with Crippen LogP contribution >= 0.6 is 40.1 Å². The van der Waals surface area contributed by atoms with Crippen molar-refractivity contribution in [1.82, 2.24) is 10.6 Å².